The number of carboxylic acids is 1. The first-order chi connectivity index (χ1) is 9.97. The average molecular weight is 298 g/mol. The molecule has 0 bridgehead atoms. The number of rotatable bonds is 3. The van der Waals surface area contributed by atoms with Crippen LogP contribution in [0.5, 0.6) is 0 Å². The molecule has 0 aromatic rings. The monoisotopic (exact) mass is 298 g/mol. The lowest BCUT2D eigenvalue weighted by Gasteiger charge is -2.38. The van der Waals surface area contributed by atoms with Crippen molar-refractivity contribution in [2.45, 2.75) is 51.6 Å². The SMILES string of the molecule is CC1CCC(NC(=O)N2CCOCC2CC(=O)O)C(C)C1. The van der Waals surface area contributed by atoms with Crippen LogP contribution in [0, 0.1) is 11.8 Å². The zero-order valence-corrected chi connectivity index (χ0v) is 12.9. The normalized spacial score (nSPS) is 33.5. The summed E-state index contributed by atoms with van der Waals surface area (Å²) in [7, 11) is 0. The molecular formula is C15H26N2O4. The smallest absolute Gasteiger partial charge is 0.318 e. The van der Waals surface area contributed by atoms with E-state index < -0.39 is 5.97 Å². The van der Waals surface area contributed by atoms with Crippen LogP contribution in [-0.4, -0.2) is 53.8 Å². The van der Waals surface area contributed by atoms with Crippen LogP contribution in [0.15, 0.2) is 0 Å². The van der Waals surface area contributed by atoms with E-state index in [1.165, 1.54) is 0 Å². The van der Waals surface area contributed by atoms with Crippen LogP contribution in [0.25, 0.3) is 0 Å². The predicted octanol–water partition coefficient (Wildman–Crippen LogP) is 1.70. The van der Waals surface area contributed by atoms with E-state index in [-0.39, 0.29) is 24.5 Å². The van der Waals surface area contributed by atoms with Gasteiger partial charge >= 0.3 is 12.0 Å². The standard InChI is InChI=1S/C15H26N2O4/c1-10-3-4-13(11(2)7-10)16-15(20)17-5-6-21-9-12(17)8-14(18)19/h10-13H,3-9H2,1-2H3,(H,16,20)(H,18,19). The Morgan fingerprint density at radius 3 is 2.76 bits per heavy atom. The van der Waals surface area contributed by atoms with E-state index in [4.69, 9.17) is 9.84 Å². The minimum Gasteiger partial charge on any atom is -0.481 e. The summed E-state index contributed by atoms with van der Waals surface area (Å²) >= 11 is 0. The van der Waals surface area contributed by atoms with Gasteiger partial charge in [-0.05, 0) is 31.1 Å². The van der Waals surface area contributed by atoms with Gasteiger partial charge in [0.2, 0.25) is 0 Å². The summed E-state index contributed by atoms with van der Waals surface area (Å²) < 4.78 is 5.30. The highest BCUT2D eigenvalue weighted by Crippen LogP contribution is 2.28. The van der Waals surface area contributed by atoms with E-state index >= 15 is 0 Å². The second-order valence-corrected chi connectivity index (χ2v) is 6.47. The highest BCUT2D eigenvalue weighted by molar-refractivity contribution is 5.76. The van der Waals surface area contributed by atoms with Gasteiger partial charge in [-0.3, -0.25) is 4.79 Å². The van der Waals surface area contributed by atoms with E-state index in [1.807, 2.05) is 0 Å². The molecule has 6 nitrogen and oxygen atoms in total. The Labute approximate surface area is 125 Å². The van der Waals surface area contributed by atoms with Gasteiger partial charge in [-0.2, -0.15) is 0 Å². The largest absolute Gasteiger partial charge is 0.481 e. The number of ether oxygens (including phenoxy) is 1. The van der Waals surface area contributed by atoms with Crippen molar-refractivity contribution in [3.8, 4) is 0 Å². The predicted molar refractivity (Wildman–Crippen MR) is 78.1 cm³/mol. The van der Waals surface area contributed by atoms with E-state index in [9.17, 15) is 9.59 Å². The molecule has 120 valence electrons. The zero-order valence-electron chi connectivity index (χ0n) is 12.9. The number of amides is 2. The molecule has 2 amide bonds. The first kappa shape index (κ1) is 16.1. The number of carboxylic acid groups (broad SMARTS) is 1. The zero-order chi connectivity index (χ0) is 15.4. The van der Waals surface area contributed by atoms with Gasteiger partial charge in [0, 0.05) is 12.6 Å². The average Bonchev–Trinajstić information content (AvgIpc) is 2.42. The molecule has 0 radical (unpaired) electrons. The molecule has 1 saturated heterocycles. The maximum Gasteiger partial charge on any atom is 0.318 e. The van der Waals surface area contributed by atoms with Crippen LogP contribution < -0.4 is 5.32 Å². The van der Waals surface area contributed by atoms with Crippen LogP contribution in [0.4, 0.5) is 4.79 Å². The summed E-state index contributed by atoms with van der Waals surface area (Å²) in [5.74, 6) is 0.288. The first-order valence-corrected chi connectivity index (χ1v) is 7.84. The minimum atomic E-state index is -0.900. The number of morpholine rings is 1. The molecule has 0 spiro atoms. The molecule has 0 aromatic carbocycles. The highest BCUT2D eigenvalue weighted by atomic mass is 16.5. The summed E-state index contributed by atoms with van der Waals surface area (Å²) in [5, 5.41) is 12.0. The molecule has 1 aliphatic heterocycles. The molecule has 1 aliphatic carbocycles. The number of aliphatic carboxylic acids is 1. The van der Waals surface area contributed by atoms with Crippen LogP contribution in [-0.2, 0) is 9.53 Å². The Morgan fingerprint density at radius 2 is 2.10 bits per heavy atom. The van der Waals surface area contributed by atoms with Crippen LogP contribution in [0.3, 0.4) is 0 Å². The molecule has 0 aromatic heterocycles. The molecule has 2 fully saturated rings. The number of carbonyl (C=O) groups is 2. The molecule has 2 N–H and O–H groups in total. The van der Waals surface area contributed by atoms with Crippen molar-refractivity contribution in [1.29, 1.82) is 0 Å². The Morgan fingerprint density at radius 1 is 1.33 bits per heavy atom. The number of nitrogens with zero attached hydrogens (tertiary/aromatic N) is 1. The van der Waals surface area contributed by atoms with Crippen molar-refractivity contribution in [1.82, 2.24) is 10.2 Å². The fourth-order valence-electron chi connectivity index (χ4n) is 3.41. The van der Waals surface area contributed by atoms with Crippen LogP contribution >= 0.6 is 0 Å². The van der Waals surface area contributed by atoms with Crippen molar-refractivity contribution in [2.24, 2.45) is 11.8 Å². The van der Waals surface area contributed by atoms with Gasteiger partial charge in [0.1, 0.15) is 0 Å². The van der Waals surface area contributed by atoms with Gasteiger partial charge in [-0.1, -0.05) is 13.8 Å². The van der Waals surface area contributed by atoms with Gasteiger partial charge in [0.15, 0.2) is 0 Å². The van der Waals surface area contributed by atoms with Gasteiger partial charge in [-0.15, -0.1) is 0 Å². The second kappa shape index (κ2) is 7.11. The molecule has 6 heteroatoms. The van der Waals surface area contributed by atoms with Crippen molar-refractivity contribution in [3.63, 3.8) is 0 Å². The molecule has 2 aliphatic rings. The summed E-state index contributed by atoms with van der Waals surface area (Å²) in [6.07, 6.45) is 3.20. The third kappa shape index (κ3) is 4.33. The molecule has 1 heterocycles. The van der Waals surface area contributed by atoms with E-state index in [0.717, 1.165) is 25.2 Å². The summed E-state index contributed by atoms with van der Waals surface area (Å²) in [4.78, 5) is 25.0. The van der Waals surface area contributed by atoms with Crippen LogP contribution in [0.2, 0.25) is 0 Å². The topological polar surface area (TPSA) is 78.9 Å². The van der Waals surface area contributed by atoms with Crippen molar-refractivity contribution < 1.29 is 19.4 Å². The number of nitrogens with one attached hydrogen (secondary N) is 1. The third-order valence-electron chi connectivity index (χ3n) is 4.64. The molecule has 2 rings (SSSR count). The second-order valence-electron chi connectivity index (χ2n) is 6.47. The maximum absolute atomic E-state index is 12.5. The summed E-state index contributed by atoms with van der Waals surface area (Å²) in [6.45, 7) is 5.66. The van der Waals surface area contributed by atoms with E-state index in [2.05, 4.69) is 19.2 Å². The minimum absolute atomic E-state index is 0.0648. The number of urea groups is 1. The first-order valence-electron chi connectivity index (χ1n) is 7.84. The number of carbonyl (C=O) groups excluding carboxylic acids is 1. The summed E-state index contributed by atoms with van der Waals surface area (Å²) in [5.41, 5.74) is 0. The van der Waals surface area contributed by atoms with Crippen molar-refractivity contribution in [2.75, 3.05) is 19.8 Å². The van der Waals surface area contributed by atoms with Crippen molar-refractivity contribution in [3.05, 3.63) is 0 Å². The fourth-order valence-corrected chi connectivity index (χ4v) is 3.41. The number of hydrogen-bond acceptors (Lipinski definition) is 3. The molecule has 4 atom stereocenters. The number of hydrogen-bond donors (Lipinski definition) is 2. The van der Waals surface area contributed by atoms with Crippen molar-refractivity contribution >= 4 is 12.0 Å². The summed E-state index contributed by atoms with van der Waals surface area (Å²) in [6, 6.07) is -0.313. The maximum atomic E-state index is 12.5. The van der Waals surface area contributed by atoms with E-state index in [0.29, 0.717) is 25.7 Å². The lowest BCUT2D eigenvalue weighted by Crippen LogP contribution is -2.56. The van der Waals surface area contributed by atoms with Gasteiger partial charge in [0.25, 0.3) is 0 Å². The third-order valence-corrected chi connectivity index (χ3v) is 4.64. The van der Waals surface area contributed by atoms with Gasteiger partial charge < -0.3 is 20.1 Å². The molecule has 21 heavy (non-hydrogen) atoms. The molecular weight excluding hydrogens is 272 g/mol. The Kier molecular flexibility index (Phi) is 5.45. The fraction of sp³-hybridized carbons (Fsp3) is 0.867. The lowest BCUT2D eigenvalue weighted by molar-refractivity contribution is -0.139. The quantitative estimate of drug-likeness (QED) is 0.831. The Bertz CT molecular complexity index is 388. The van der Waals surface area contributed by atoms with Gasteiger partial charge in [-0.25, -0.2) is 4.79 Å². The molecule has 1 saturated carbocycles. The Hall–Kier alpha value is -1.30. The molecule has 4 unspecified atom stereocenters. The van der Waals surface area contributed by atoms with Gasteiger partial charge in [0.05, 0.1) is 25.7 Å². The van der Waals surface area contributed by atoms with E-state index in [1.54, 1.807) is 4.90 Å². The highest BCUT2D eigenvalue weighted by Gasteiger charge is 2.32. The Balaban J connectivity index is 1.92. The van der Waals surface area contributed by atoms with Crippen LogP contribution in [0.1, 0.15) is 39.5 Å². The lowest BCUT2D eigenvalue weighted by atomic mass is 9.80.